The second-order valence-corrected chi connectivity index (χ2v) is 7.63. The van der Waals surface area contributed by atoms with E-state index in [0.29, 0.717) is 24.3 Å². The molecule has 25 heavy (non-hydrogen) atoms. The molecule has 1 aromatic carbocycles. The quantitative estimate of drug-likeness (QED) is 0.746. The first-order valence-corrected chi connectivity index (χ1v) is 9.94. The molecule has 3 unspecified atom stereocenters. The van der Waals surface area contributed by atoms with Crippen molar-refractivity contribution in [1.29, 1.82) is 0 Å². The molecule has 1 saturated heterocycles. The van der Waals surface area contributed by atoms with E-state index in [1.54, 1.807) is 0 Å². The maximum atomic E-state index is 12.3. The highest BCUT2D eigenvalue weighted by molar-refractivity contribution is 7.99. The van der Waals surface area contributed by atoms with Crippen LogP contribution in [0.25, 0.3) is 0 Å². The van der Waals surface area contributed by atoms with E-state index in [2.05, 4.69) is 16.0 Å². The van der Waals surface area contributed by atoms with Crippen LogP contribution in [0.3, 0.4) is 0 Å². The van der Waals surface area contributed by atoms with Crippen LogP contribution in [0.4, 0.5) is 5.69 Å². The van der Waals surface area contributed by atoms with Gasteiger partial charge in [0.05, 0.1) is 11.7 Å². The fourth-order valence-corrected chi connectivity index (χ4v) is 4.01. The van der Waals surface area contributed by atoms with E-state index >= 15 is 0 Å². The molecule has 0 spiro atoms. The number of ether oxygens (including phenoxy) is 1. The first-order valence-electron chi connectivity index (χ1n) is 8.78. The van der Waals surface area contributed by atoms with Gasteiger partial charge in [0.1, 0.15) is 5.75 Å². The lowest BCUT2D eigenvalue weighted by molar-refractivity contribution is -0.123. The van der Waals surface area contributed by atoms with Gasteiger partial charge in [-0.05, 0) is 31.0 Å². The van der Waals surface area contributed by atoms with E-state index in [1.807, 2.05) is 43.8 Å². The maximum Gasteiger partial charge on any atom is 0.265 e. The highest BCUT2D eigenvalue weighted by atomic mass is 32.2. The Morgan fingerprint density at radius 1 is 1.48 bits per heavy atom. The second-order valence-electron chi connectivity index (χ2n) is 6.48. The highest BCUT2D eigenvalue weighted by Crippen LogP contribution is 2.33. The zero-order valence-corrected chi connectivity index (χ0v) is 15.4. The monoisotopic (exact) mass is 363 g/mol. The van der Waals surface area contributed by atoms with Crippen LogP contribution in [0, 0.1) is 0 Å². The molecule has 3 atom stereocenters. The number of hydrogen-bond acceptors (Lipinski definition) is 5. The fourth-order valence-electron chi connectivity index (χ4n) is 3.06. The summed E-state index contributed by atoms with van der Waals surface area (Å²) in [5, 5.41) is 9.29. The van der Waals surface area contributed by atoms with Crippen LogP contribution < -0.4 is 20.7 Å². The number of nitrogens with one attached hydrogen (secondary N) is 3. The number of carbonyl (C=O) groups excluding carboxylic acids is 2. The number of amides is 2. The first-order chi connectivity index (χ1) is 12.1. The van der Waals surface area contributed by atoms with Gasteiger partial charge in [-0.15, -0.1) is 0 Å². The van der Waals surface area contributed by atoms with E-state index in [4.69, 9.17) is 4.74 Å². The summed E-state index contributed by atoms with van der Waals surface area (Å²) in [4.78, 5) is 24.1. The average molecular weight is 363 g/mol. The van der Waals surface area contributed by atoms with Gasteiger partial charge in [0.2, 0.25) is 5.91 Å². The minimum atomic E-state index is -0.456. The minimum Gasteiger partial charge on any atom is -0.478 e. The zero-order valence-electron chi connectivity index (χ0n) is 14.6. The fraction of sp³-hybridized carbons (Fsp3) is 0.556. The third-order valence-electron chi connectivity index (χ3n) is 4.50. The van der Waals surface area contributed by atoms with Crippen LogP contribution in [-0.2, 0) is 9.59 Å². The van der Waals surface area contributed by atoms with Crippen LogP contribution in [0.2, 0.25) is 0 Å². The van der Waals surface area contributed by atoms with Crippen LogP contribution in [-0.4, -0.2) is 42.0 Å². The Kier molecular flexibility index (Phi) is 5.86. The summed E-state index contributed by atoms with van der Waals surface area (Å²) in [7, 11) is 0. The molecule has 3 N–H and O–H groups in total. The molecule has 1 aromatic rings. The lowest BCUT2D eigenvalue weighted by Crippen LogP contribution is -2.41. The molecule has 2 amide bonds. The van der Waals surface area contributed by atoms with Gasteiger partial charge in [-0.2, -0.15) is 11.8 Å². The number of thioether (sulfide) groups is 1. The van der Waals surface area contributed by atoms with Gasteiger partial charge in [0.15, 0.2) is 6.10 Å². The maximum absolute atomic E-state index is 12.3. The molecule has 0 aliphatic carbocycles. The van der Waals surface area contributed by atoms with Crippen molar-refractivity contribution in [2.45, 2.75) is 44.9 Å². The smallest absolute Gasteiger partial charge is 0.265 e. The molecule has 7 heteroatoms. The molecule has 2 heterocycles. The third kappa shape index (κ3) is 4.46. The Morgan fingerprint density at radius 2 is 2.32 bits per heavy atom. The summed E-state index contributed by atoms with van der Waals surface area (Å²) in [6.45, 7) is 4.84. The van der Waals surface area contributed by atoms with Crippen LogP contribution in [0.1, 0.15) is 38.3 Å². The van der Waals surface area contributed by atoms with Crippen molar-refractivity contribution in [3.05, 3.63) is 23.8 Å². The van der Waals surface area contributed by atoms with Gasteiger partial charge in [-0.1, -0.05) is 13.0 Å². The molecule has 6 nitrogen and oxygen atoms in total. The molecule has 0 aromatic heterocycles. The lowest BCUT2D eigenvalue weighted by Gasteiger charge is -2.26. The molecular formula is C18H25N3O3S. The number of hydrogen-bond donors (Lipinski definition) is 3. The van der Waals surface area contributed by atoms with Crippen molar-refractivity contribution in [2.75, 3.05) is 23.4 Å². The summed E-state index contributed by atoms with van der Waals surface area (Å²) in [6.07, 6.45) is 0.656. The first kappa shape index (κ1) is 18.1. The minimum absolute atomic E-state index is 0.0471. The van der Waals surface area contributed by atoms with E-state index in [-0.39, 0.29) is 23.9 Å². The highest BCUT2D eigenvalue weighted by Gasteiger charge is 2.26. The predicted molar refractivity (Wildman–Crippen MR) is 100 cm³/mol. The topological polar surface area (TPSA) is 79.5 Å². The molecule has 136 valence electrons. The average Bonchev–Trinajstić information content (AvgIpc) is 2.61. The number of anilines is 1. The Morgan fingerprint density at radius 3 is 3.04 bits per heavy atom. The largest absolute Gasteiger partial charge is 0.478 e. The molecule has 0 bridgehead atoms. The van der Waals surface area contributed by atoms with Gasteiger partial charge >= 0.3 is 0 Å². The van der Waals surface area contributed by atoms with Crippen molar-refractivity contribution in [2.24, 2.45) is 0 Å². The lowest BCUT2D eigenvalue weighted by atomic mass is 10.1. The number of fused-ring (bicyclic) bond motifs is 1. The van der Waals surface area contributed by atoms with Gasteiger partial charge < -0.3 is 20.7 Å². The molecule has 3 rings (SSSR count). The van der Waals surface area contributed by atoms with Crippen molar-refractivity contribution in [1.82, 2.24) is 10.6 Å². The summed E-state index contributed by atoms with van der Waals surface area (Å²) in [5.74, 6) is 2.69. The van der Waals surface area contributed by atoms with Crippen molar-refractivity contribution >= 4 is 29.3 Å². The third-order valence-corrected chi connectivity index (χ3v) is 5.63. The van der Waals surface area contributed by atoms with Crippen molar-refractivity contribution < 1.29 is 14.3 Å². The van der Waals surface area contributed by atoms with Crippen LogP contribution in [0.5, 0.6) is 5.75 Å². The Hall–Kier alpha value is -1.73. The Labute approximate surface area is 152 Å². The van der Waals surface area contributed by atoms with E-state index < -0.39 is 6.10 Å². The molecule has 2 aliphatic rings. The number of benzene rings is 1. The molecule has 0 saturated carbocycles. The molecule has 2 aliphatic heterocycles. The van der Waals surface area contributed by atoms with Crippen molar-refractivity contribution in [3.63, 3.8) is 0 Å². The van der Waals surface area contributed by atoms with Crippen LogP contribution >= 0.6 is 11.8 Å². The SMILES string of the molecule is CCC1Oc2cc(C(C)NC(=O)CC3CSCCN3)ccc2NC1=O. The molecule has 0 radical (unpaired) electrons. The summed E-state index contributed by atoms with van der Waals surface area (Å²) in [5.41, 5.74) is 1.64. The standard InChI is InChI=1S/C18H25N3O3S/c1-3-15-18(23)21-14-5-4-12(8-16(14)24-15)11(2)20-17(22)9-13-10-25-7-6-19-13/h4-5,8,11,13,15,19H,3,6-7,9-10H2,1-2H3,(H,20,22)(H,21,23). The number of rotatable bonds is 5. The molecule has 1 fully saturated rings. The van der Waals surface area contributed by atoms with Gasteiger partial charge in [0, 0.05) is 30.5 Å². The second kappa shape index (κ2) is 8.10. The van der Waals surface area contributed by atoms with Gasteiger partial charge in [-0.3, -0.25) is 9.59 Å². The molecular weight excluding hydrogens is 338 g/mol. The zero-order chi connectivity index (χ0) is 17.8. The van der Waals surface area contributed by atoms with Gasteiger partial charge in [0.25, 0.3) is 5.91 Å². The summed E-state index contributed by atoms with van der Waals surface area (Å²) < 4.78 is 5.77. The van der Waals surface area contributed by atoms with Crippen molar-refractivity contribution in [3.8, 4) is 5.75 Å². The van der Waals surface area contributed by atoms with Crippen LogP contribution in [0.15, 0.2) is 18.2 Å². The summed E-state index contributed by atoms with van der Waals surface area (Å²) >= 11 is 1.88. The Balaban J connectivity index is 1.61. The van der Waals surface area contributed by atoms with E-state index in [1.165, 1.54) is 0 Å². The van der Waals surface area contributed by atoms with Gasteiger partial charge in [-0.25, -0.2) is 0 Å². The van der Waals surface area contributed by atoms with E-state index in [0.717, 1.165) is 23.6 Å². The Bertz CT molecular complexity index is 646. The predicted octanol–water partition coefficient (Wildman–Crippen LogP) is 2.07. The van der Waals surface area contributed by atoms with E-state index in [9.17, 15) is 9.59 Å². The number of carbonyl (C=O) groups is 2. The summed E-state index contributed by atoms with van der Waals surface area (Å²) in [6, 6.07) is 5.77. The normalized spacial score (nSPS) is 23.8.